The van der Waals surface area contributed by atoms with Crippen LogP contribution in [0.5, 0.6) is 0 Å². The van der Waals surface area contributed by atoms with Crippen LogP contribution >= 0.6 is 23.5 Å². The van der Waals surface area contributed by atoms with E-state index in [0.29, 0.717) is 0 Å². The SMILES string of the molecule is C[Si](C)(C)O[Si](C)(C)CCCCCCc1ccc(-c2cc3c4c(c(-c5ccc(CCCCCC[Si](C)(C)O[Si](C)(C)C)o5)cc5c4c2N=C(c2ccccc2)S5)N=C(c2ccccc2)S3)o1. The summed E-state index contributed by atoms with van der Waals surface area (Å²) in [6.45, 7) is 23.4. The molecule has 348 valence electrons. The van der Waals surface area contributed by atoms with Crippen LogP contribution in [-0.4, -0.2) is 43.4 Å². The van der Waals surface area contributed by atoms with Crippen molar-refractivity contribution in [3.05, 3.63) is 120 Å². The lowest BCUT2D eigenvalue weighted by molar-refractivity contribution is 0.502. The normalized spacial score (nSPS) is 14.2. The molecule has 12 heteroatoms. The molecule has 6 aromatic rings. The molecule has 2 aromatic heterocycles. The van der Waals surface area contributed by atoms with E-state index in [1.54, 1.807) is 23.5 Å². The lowest BCUT2D eigenvalue weighted by Gasteiger charge is -2.31. The molecule has 0 fully saturated rings. The van der Waals surface area contributed by atoms with Gasteiger partial charge in [-0.05, 0) is 127 Å². The molecule has 0 N–H and O–H groups in total. The Kier molecular flexibility index (Phi) is 15.3. The molecule has 0 atom stereocenters. The molecular weight excluding hydrogens is 917 g/mol. The van der Waals surface area contributed by atoms with Gasteiger partial charge < -0.3 is 17.1 Å². The van der Waals surface area contributed by atoms with E-state index in [2.05, 4.69) is 163 Å². The Morgan fingerprint density at radius 2 is 0.833 bits per heavy atom. The molecule has 4 heterocycles. The number of nitrogens with zero attached hydrogens (tertiary/aromatic N) is 2. The first kappa shape index (κ1) is 49.0. The van der Waals surface area contributed by atoms with Crippen LogP contribution in [0.4, 0.5) is 11.4 Å². The predicted molar refractivity (Wildman–Crippen MR) is 294 cm³/mol. The molecule has 8 rings (SSSR count). The molecule has 0 amide bonds. The van der Waals surface area contributed by atoms with Crippen LogP contribution in [0.2, 0.25) is 77.6 Å². The monoisotopic (exact) mass is 986 g/mol. The predicted octanol–water partition coefficient (Wildman–Crippen LogP) is 18.0. The summed E-state index contributed by atoms with van der Waals surface area (Å²) in [6, 6.07) is 36.9. The molecule has 0 aliphatic carbocycles. The number of rotatable bonds is 22. The molecule has 66 heavy (non-hydrogen) atoms. The van der Waals surface area contributed by atoms with Crippen molar-refractivity contribution in [2.75, 3.05) is 0 Å². The number of aryl methyl sites for hydroxylation is 2. The molecular formula is C54H70N2O4S2Si4. The van der Waals surface area contributed by atoms with Crippen LogP contribution in [-0.2, 0) is 21.1 Å². The quantitative estimate of drug-likeness (QED) is 0.0499. The van der Waals surface area contributed by atoms with Gasteiger partial charge in [-0.25, -0.2) is 9.98 Å². The van der Waals surface area contributed by atoms with Crippen molar-refractivity contribution >= 4 is 89.0 Å². The van der Waals surface area contributed by atoms with Gasteiger partial charge in [-0.3, -0.25) is 0 Å². The maximum absolute atomic E-state index is 6.78. The van der Waals surface area contributed by atoms with Gasteiger partial charge in [0.25, 0.3) is 0 Å². The Balaban J connectivity index is 1.08. The van der Waals surface area contributed by atoms with Crippen molar-refractivity contribution in [3.63, 3.8) is 0 Å². The fraction of sp³-hybridized carbons (Fsp3) is 0.407. The topological polar surface area (TPSA) is 69.5 Å². The highest BCUT2D eigenvalue weighted by Crippen LogP contribution is 2.57. The van der Waals surface area contributed by atoms with Crippen molar-refractivity contribution in [1.82, 2.24) is 0 Å². The average Bonchev–Trinajstić information content (AvgIpc) is 3.94. The van der Waals surface area contributed by atoms with E-state index in [-0.39, 0.29) is 0 Å². The van der Waals surface area contributed by atoms with Crippen LogP contribution in [0.15, 0.2) is 126 Å². The maximum atomic E-state index is 6.78. The Morgan fingerprint density at radius 1 is 0.455 bits per heavy atom. The van der Waals surface area contributed by atoms with E-state index < -0.39 is 33.3 Å². The highest BCUT2D eigenvalue weighted by atomic mass is 32.2. The van der Waals surface area contributed by atoms with E-state index in [1.807, 2.05) is 0 Å². The van der Waals surface area contributed by atoms with E-state index in [1.165, 1.54) is 50.6 Å². The fourth-order valence-electron chi connectivity index (χ4n) is 9.64. The molecule has 0 bridgehead atoms. The third-order valence-corrected chi connectivity index (χ3v) is 26.6. The van der Waals surface area contributed by atoms with Crippen molar-refractivity contribution in [2.45, 2.75) is 152 Å². The lowest BCUT2D eigenvalue weighted by atomic mass is 9.96. The Labute approximate surface area is 407 Å². The Hall–Kier alpha value is -3.47. The van der Waals surface area contributed by atoms with Gasteiger partial charge in [0.15, 0.2) is 33.3 Å². The van der Waals surface area contributed by atoms with Gasteiger partial charge in [-0.1, -0.05) is 123 Å². The third-order valence-electron chi connectivity index (χ3n) is 12.1. The minimum Gasteiger partial charge on any atom is -0.461 e. The summed E-state index contributed by atoms with van der Waals surface area (Å²) in [5.74, 6) is 3.78. The molecule has 0 unspecified atom stereocenters. The zero-order valence-corrected chi connectivity index (χ0v) is 46.7. The summed E-state index contributed by atoms with van der Waals surface area (Å²) in [4.78, 5) is 13.3. The van der Waals surface area contributed by atoms with Gasteiger partial charge in [0.05, 0.1) is 11.4 Å². The molecule has 4 aromatic carbocycles. The largest absolute Gasteiger partial charge is 0.461 e. The summed E-state index contributed by atoms with van der Waals surface area (Å²) in [5, 5.41) is 4.21. The van der Waals surface area contributed by atoms with Gasteiger partial charge in [-0.2, -0.15) is 0 Å². The molecule has 0 spiro atoms. The van der Waals surface area contributed by atoms with Gasteiger partial charge >= 0.3 is 0 Å². The van der Waals surface area contributed by atoms with E-state index >= 15 is 0 Å². The Bertz CT molecular complexity index is 2510. The first-order chi connectivity index (χ1) is 31.4. The van der Waals surface area contributed by atoms with Gasteiger partial charge in [-0.15, -0.1) is 0 Å². The highest BCUT2D eigenvalue weighted by molar-refractivity contribution is 8.15. The molecule has 6 nitrogen and oxygen atoms in total. The summed E-state index contributed by atoms with van der Waals surface area (Å²) in [6.07, 6.45) is 11.4. The average molecular weight is 988 g/mol. The van der Waals surface area contributed by atoms with Crippen LogP contribution in [0.3, 0.4) is 0 Å². The van der Waals surface area contributed by atoms with Crippen LogP contribution in [0.1, 0.15) is 74.0 Å². The van der Waals surface area contributed by atoms with Crippen molar-refractivity contribution in [2.24, 2.45) is 9.98 Å². The standard InChI is InChI=1S/C54H70N2O4S2Si4/c1-63(2,3)59-65(7,8)35-23-13-11-21-29-41-31-33-45(57-41)43-37-47-50-49-48(62-53(55-51(43)49)39-25-17-15-18-26-39)38-44(52(50)56-54(61-47)40-27-19-16-20-28-40)46-34-32-42(58-46)30-22-12-14-24-36-66(9,10)60-64(4,5)6/h15-20,25-28,31-34,37-38H,11-14,21-24,29-30,35-36H2,1-10H3. The number of thioether (sulfide) groups is 2. The number of benzene rings is 4. The number of aliphatic imine (C=N–C) groups is 2. The number of hydrogen-bond acceptors (Lipinski definition) is 8. The molecule has 0 saturated heterocycles. The van der Waals surface area contributed by atoms with Gasteiger partial charge in [0.1, 0.15) is 33.1 Å². The molecule has 0 saturated carbocycles. The zero-order valence-electron chi connectivity index (χ0n) is 41.1. The van der Waals surface area contributed by atoms with Crippen LogP contribution in [0.25, 0.3) is 33.4 Å². The minimum absolute atomic E-state index is 0.861. The number of furan rings is 2. The van der Waals surface area contributed by atoms with Crippen molar-refractivity contribution in [1.29, 1.82) is 0 Å². The lowest BCUT2D eigenvalue weighted by Crippen LogP contribution is -2.42. The van der Waals surface area contributed by atoms with Gasteiger partial charge in [0, 0.05) is 55.7 Å². The minimum atomic E-state index is -1.60. The first-order valence-electron chi connectivity index (χ1n) is 24.3. The number of unbranched alkanes of at least 4 members (excludes halogenated alkanes) is 6. The van der Waals surface area contributed by atoms with Crippen molar-refractivity contribution < 1.29 is 17.1 Å². The van der Waals surface area contributed by atoms with E-state index in [9.17, 15) is 0 Å². The summed E-state index contributed by atoms with van der Waals surface area (Å²) < 4.78 is 26.7. The Morgan fingerprint density at radius 3 is 1.21 bits per heavy atom. The van der Waals surface area contributed by atoms with Crippen molar-refractivity contribution in [3.8, 4) is 22.6 Å². The number of hydrogen-bond donors (Lipinski definition) is 0. The third kappa shape index (κ3) is 12.6. The van der Waals surface area contributed by atoms with E-state index in [0.717, 1.165) is 113 Å². The second kappa shape index (κ2) is 20.6. The fourth-order valence-corrected chi connectivity index (χ4v) is 28.1. The molecule has 2 aliphatic rings. The van der Waals surface area contributed by atoms with E-state index in [4.69, 9.17) is 27.0 Å². The smallest absolute Gasteiger partial charge is 0.173 e. The summed E-state index contributed by atoms with van der Waals surface area (Å²) >= 11 is 3.47. The second-order valence-electron chi connectivity index (χ2n) is 21.4. The summed E-state index contributed by atoms with van der Waals surface area (Å²) in [7, 11) is -6.22. The zero-order chi connectivity index (χ0) is 46.7. The molecule has 0 radical (unpaired) electrons. The highest BCUT2D eigenvalue weighted by Gasteiger charge is 2.33. The maximum Gasteiger partial charge on any atom is 0.173 e. The van der Waals surface area contributed by atoms with Crippen LogP contribution < -0.4 is 0 Å². The van der Waals surface area contributed by atoms with Crippen LogP contribution in [0, 0.1) is 0 Å². The second-order valence-corrected chi connectivity index (χ2v) is 41.6. The summed E-state index contributed by atoms with van der Waals surface area (Å²) in [5.41, 5.74) is 6.12. The first-order valence-corrected chi connectivity index (χ1v) is 39.0. The molecule has 2 aliphatic heterocycles. The van der Waals surface area contributed by atoms with Gasteiger partial charge in [0.2, 0.25) is 0 Å².